The van der Waals surface area contributed by atoms with Crippen LogP contribution in [-0.4, -0.2) is 82.9 Å². The number of aliphatic hydroxyl groups excluding tert-OH is 1. The third-order valence-electron chi connectivity index (χ3n) is 4.19. The summed E-state index contributed by atoms with van der Waals surface area (Å²) in [5, 5.41) is 11.1. The van der Waals surface area contributed by atoms with Crippen molar-refractivity contribution in [2.75, 3.05) is 26.8 Å². The predicted molar refractivity (Wildman–Crippen MR) is 80.8 cm³/mol. The van der Waals surface area contributed by atoms with Crippen LogP contribution in [0.4, 0.5) is 0 Å². The zero-order valence-corrected chi connectivity index (χ0v) is 12.7. The van der Waals surface area contributed by atoms with Crippen LogP contribution in [0, 0.1) is 5.92 Å². The highest BCUT2D eigenvalue weighted by atomic mass is 16.7. The summed E-state index contributed by atoms with van der Waals surface area (Å²) in [6.45, 7) is 1.29. The van der Waals surface area contributed by atoms with Crippen molar-refractivity contribution in [2.24, 2.45) is 11.7 Å². The monoisotopic (exact) mass is 284 g/mol. The van der Waals surface area contributed by atoms with Gasteiger partial charge in [0.15, 0.2) is 0 Å². The summed E-state index contributed by atoms with van der Waals surface area (Å²) in [6, 6.07) is 0.475. The fourth-order valence-corrected chi connectivity index (χ4v) is 3.16. The van der Waals surface area contributed by atoms with Crippen LogP contribution < -0.4 is 5.73 Å². The molecule has 2 rings (SSSR count). The lowest BCUT2D eigenvalue weighted by Gasteiger charge is -2.25. The van der Waals surface area contributed by atoms with E-state index in [4.69, 9.17) is 20.0 Å². The first-order chi connectivity index (χ1) is 9.49. The highest BCUT2D eigenvalue weighted by Gasteiger charge is 2.34. The maximum atomic E-state index is 9.31. The molecular formula is C12H26B2N2O4. The van der Waals surface area contributed by atoms with E-state index in [-0.39, 0.29) is 36.9 Å². The van der Waals surface area contributed by atoms with Gasteiger partial charge in [0, 0.05) is 37.6 Å². The number of nitrogens with two attached hydrogens (primary N) is 1. The van der Waals surface area contributed by atoms with Gasteiger partial charge < -0.3 is 20.3 Å². The van der Waals surface area contributed by atoms with Crippen LogP contribution in [0.25, 0.3) is 0 Å². The fraction of sp³-hybridized carbons (Fsp3) is 1.00. The summed E-state index contributed by atoms with van der Waals surface area (Å²) in [5.41, 5.74) is 6.00. The molecule has 0 radical (unpaired) electrons. The fourth-order valence-electron chi connectivity index (χ4n) is 3.16. The van der Waals surface area contributed by atoms with Gasteiger partial charge in [0.05, 0.1) is 25.4 Å². The van der Waals surface area contributed by atoms with Crippen LogP contribution in [0.1, 0.15) is 12.8 Å². The van der Waals surface area contributed by atoms with Gasteiger partial charge in [-0.25, -0.2) is 0 Å². The van der Waals surface area contributed by atoms with Gasteiger partial charge in [-0.3, -0.25) is 4.84 Å². The molecule has 2 unspecified atom stereocenters. The van der Waals surface area contributed by atoms with Crippen molar-refractivity contribution >= 4 is 15.7 Å². The van der Waals surface area contributed by atoms with Crippen LogP contribution in [0.2, 0.25) is 0 Å². The van der Waals surface area contributed by atoms with Gasteiger partial charge in [-0.15, -0.1) is 0 Å². The molecule has 2 fully saturated rings. The highest BCUT2D eigenvalue weighted by molar-refractivity contribution is 6.11. The second-order valence-electron chi connectivity index (χ2n) is 6.15. The molecule has 0 spiro atoms. The average molecular weight is 284 g/mol. The summed E-state index contributed by atoms with van der Waals surface area (Å²) < 4.78 is 11.4. The molecule has 2 saturated heterocycles. The van der Waals surface area contributed by atoms with Gasteiger partial charge >= 0.3 is 0 Å². The standard InChI is InChI=1S/C12H26B2N2O4/c1-16(4-7-2-11(13)19-9(7)5-17)18-6-10-8(15)3-12(14)20-10/h7-12,17H,2-6,13-15H2,1H3/t7?,8?,9-,10+,11-,12+/m0/s1. The zero-order valence-electron chi connectivity index (χ0n) is 12.7. The minimum Gasteiger partial charge on any atom is -0.394 e. The molecule has 0 aromatic heterocycles. The molecule has 2 aliphatic heterocycles. The molecule has 0 aliphatic carbocycles. The number of ether oxygens (including phenoxy) is 2. The van der Waals surface area contributed by atoms with Crippen LogP contribution >= 0.6 is 0 Å². The number of hydroxylamine groups is 2. The normalized spacial score (nSPS) is 41.6. The van der Waals surface area contributed by atoms with Crippen LogP contribution in [0.3, 0.4) is 0 Å². The van der Waals surface area contributed by atoms with E-state index in [2.05, 4.69) is 0 Å². The molecule has 2 heterocycles. The molecule has 20 heavy (non-hydrogen) atoms. The first-order valence-corrected chi connectivity index (χ1v) is 7.51. The maximum absolute atomic E-state index is 9.31. The van der Waals surface area contributed by atoms with E-state index in [9.17, 15) is 5.11 Å². The van der Waals surface area contributed by atoms with Crippen LogP contribution in [-0.2, 0) is 14.3 Å². The van der Waals surface area contributed by atoms with E-state index in [1.807, 2.05) is 27.8 Å². The SMILES string of the molecule is B[C@@H]1CC(CN(C)OC[C@H]2O[C@@H](B)CC2N)[C@H](CO)O1. The van der Waals surface area contributed by atoms with Crippen molar-refractivity contribution in [3.8, 4) is 0 Å². The summed E-state index contributed by atoms with van der Waals surface area (Å²) in [7, 11) is 5.98. The molecule has 114 valence electrons. The molecule has 0 amide bonds. The summed E-state index contributed by atoms with van der Waals surface area (Å²) in [6.07, 6.45) is 1.73. The Kier molecular flexibility index (Phi) is 5.89. The second kappa shape index (κ2) is 7.24. The smallest absolute Gasteiger partial charge is 0.139 e. The lowest BCUT2D eigenvalue weighted by molar-refractivity contribution is -0.174. The summed E-state index contributed by atoms with van der Waals surface area (Å²) in [4.78, 5) is 5.73. The summed E-state index contributed by atoms with van der Waals surface area (Å²) in [5.74, 6) is 0.303. The van der Waals surface area contributed by atoms with Crippen molar-refractivity contribution in [3.05, 3.63) is 0 Å². The zero-order chi connectivity index (χ0) is 14.7. The number of hydrogen-bond acceptors (Lipinski definition) is 6. The Balaban J connectivity index is 1.71. The largest absolute Gasteiger partial charge is 0.394 e. The third-order valence-corrected chi connectivity index (χ3v) is 4.19. The van der Waals surface area contributed by atoms with Gasteiger partial charge in [0.25, 0.3) is 0 Å². The molecule has 8 heteroatoms. The molecule has 6 atom stereocenters. The minimum absolute atomic E-state index is 0.0279. The van der Waals surface area contributed by atoms with Gasteiger partial charge in [-0.2, -0.15) is 5.06 Å². The first kappa shape index (κ1) is 16.3. The lowest BCUT2D eigenvalue weighted by atomic mass is 9.91. The maximum Gasteiger partial charge on any atom is 0.139 e. The molecular weight excluding hydrogens is 258 g/mol. The first-order valence-electron chi connectivity index (χ1n) is 7.51. The third kappa shape index (κ3) is 4.19. The van der Waals surface area contributed by atoms with E-state index >= 15 is 0 Å². The van der Waals surface area contributed by atoms with Crippen molar-refractivity contribution in [1.29, 1.82) is 0 Å². The number of rotatable bonds is 6. The van der Waals surface area contributed by atoms with Crippen LogP contribution in [0.15, 0.2) is 0 Å². The van der Waals surface area contributed by atoms with Gasteiger partial charge in [0.1, 0.15) is 15.7 Å². The van der Waals surface area contributed by atoms with Gasteiger partial charge in [0.2, 0.25) is 0 Å². The highest BCUT2D eigenvalue weighted by Crippen LogP contribution is 2.25. The molecule has 2 aliphatic rings. The number of aliphatic hydroxyl groups is 1. The van der Waals surface area contributed by atoms with E-state index in [0.29, 0.717) is 12.5 Å². The Morgan fingerprint density at radius 1 is 1.25 bits per heavy atom. The molecule has 0 aromatic carbocycles. The van der Waals surface area contributed by atoms with Gasteiger partial charge in [-0.1, -0.05) is 0 Å². The summed E-state index contributed by atoms with van der Waals surface area (Å²) >= 11 is 0. The van der Waals surface area contributed by atoms with Crippen molar-refractivity contribution in [1.82, 2.24) is 5.06 Å². The van der Waals surface area contributed by atoms with E-state index in [1.165, 1.54) is 0 Å². The Morgan fingerprint density at radius 2 is 1.90 bits per heavy atom. The molecule has 0 aromatic rings. The molecule has 3 N–H and O–H groups in total. The molecule has 0 bridgehead atoms. The Hall–Kier alpha value is -0.110. The van der Waals surface area contributed by atoms with Crippen molar-refractivity contribution in [2.45, 2.75) is 43.1 Å². The predicted octanol–water partition coefficient (Wildman–Crippen LogP) is -2.72. The topological polar surface area (TPSA) is 77.2 Å². The lowest BCUT2D eigenvalue weighted by Crippen LogP contribution is -2.38. The van der Waals surface area contributed by atoms with Gasteiger partial charge in [-0.05, 0) is 12.8 Å². The Bertz CT molecular complexity index is 313. The Labute approximate surface area is 122 Å². The second-order valence-corrected chi connectivity index (χ2v) is 6.15. The minimum atomic E-state index is -0.0824. The molecule has 6 nitrogen and oxygen atoms in total. The quantitative estimate of drug-likeness (QED) is 0.408. The van der Waals surface area contributed by atoms with E-state index < -0.39 is 0 Å². The van der Waals surface area contributed by atoms with E-state index in [1.54, 1.807) is 0 Å². The number of hydrogen-bond donors (Lipinski definition) is 2. The van der Waals surface area contributed by atoms with Crippen LogP contribution in [0.5, 0.6) is 0 Å². The van der Waals surface area contributed by atoms with Crippen molar-refractivity contribution in [3.63, 3.8) is 0 Å². The number of nitrogens with zero attached hydrogens (tertiary/aromatic N) is 1. The van der Waals surface area contributed by atoms with E-state index in [0.717, 1.165) is 19.4 Å². The Morgan fingerprint density at radius 3 is 2.50 bits per heavy atom. The molecule has 0 saturated carbocycles. The average Bonchev–Trinajstić information content (AvgIpc) is 2.89. The van der Waals surface area contributed by atoms with Crippen molar-refractivity contribution < 1.29 is 19.4 Å².